The molecule has 1 spiro atoms. The van der Waals surface area contributed by atoms with Gasteiger partial charge in [-0.3, -0.25) is 29.5 Å². The number of carbonyl (C=O) groups excluding carboxylic acids is 4. The second kappa shape index (κ2) is 15.6. The number of hydrogen-bond donors (Lipinski definition) is 3. The first-order chi connectivity index (χ1) is 28.6. The summed E-state index contributed by atoms with van der Waals surface area (Å²) in [6, 6.07) is 12.5. The van der Waals surface area contributed by atoms with Crippen molar-refractivity contribution in [3.8, 4) is 11.1 Å². The van der Waals surface area contributed by atoms with Gasteiger partial charge in [-0.2, -0.15) is 0 Å². The van der Waals surface area contributed by atoms with Gasteiger partial charge in [0.25, 0.3) is 11.8 Å². The predicted octanol–water partition coefficient (Wildman–Crippen LogP) is 5.03. The Morgan fingerprint density at radius 3 is 2.34 bits per heavy atom. The van der Waals surface area contributed by atoms with Crippen LogP contribution in [-0.2, 0) is 17.8 Å². The number of nitrogens with one attached hydrogen (secondary N) is 2. The molecule has 3 aromatic heterocycles. The SMILES string of the molecule is C1CC1.CNc1cc(N2CCc3c(-c4cnc(CN5CC6(CCN(C(=O)c7ccc(Cl)c(N8CCC(=O)NC8=O)c7)CC6)C5)nc4)cccc32)nn2c(C(N)=O)cnc12. The van der Waals surface area contributed by atoms with E-state index in [1.165, 1.54) is 40.4 Å². The van der Waals surface area contributed by atoms with Crippen molar-refractivity contribution in [1.82, 2.24) is 39.7 Å². The van der Waals surface area contributed by atoms with Gasteiger partial charge in [-0.05, 0) is 60.1 Å². The Kier molecular flexibility index (Phi) is 10.1. The van der Waals surface area contributed by atoms with Crippen LogP contribution in [0.4, 0.5) is 27.7 Å². The molecule has 4 fully saturated rings. The number of piperidine rings is 1. The molecule has 0 atom stereocenters. The summed E-state index contributed by atoms with van der Waals surface area (Å²) in [5.41, 5.74) is 12.3. The van der Waals surface area contributed by atoms with Crippen molar-refractivity contribution in [1.29, 1.82) is 0 Å². The number of likely N-dealkylation sites (tertiary alicyclic amines) is 2. The van der Waals surface area contributed by atoms with Crippen molar-refractivity contribution >= 4 is 63.9 Å². The van der Waals surface area contributed by atoms with Crippen LogP contribution < -0.4 is 26.2 Å². The number of hydrogen-bond acceptors (Lipinski definition) is 11. The average Bonchev–Trinajstić information content (AvgIpc) is 3.95. The largest absolute Gasteiger partial charge is 0.385 e. The summed E-state index contributed by atoms with van der Waals surface area (Å²) >= 11 is 6.40. The maximum absolute atomic E-state index is 13.5. The van der Waals surface area contributed by atoms with Gasteiger partial charge < -0.3 is 20.9 Å². The van der Waals surface area contributed by atoms with Gasteiger partial charge in [0.2, 0.25) is 5.91 Å². The lowest BCUT2D eigenvalue weighted by atomic mass is 9.72. The maximum atomic E-state index is 13.5. The number of carbonyl (C=O) groups is 4. The number of rotatable bonds is 8. The summed E-state index contributed by atoms with van der Waals surface area (Å²) in [4.78, 5) is 71.3. The molecule has 59 heavy (non-hydrogen) atoms. The van der Waals surface area contributed by atoms with E-state index >= 15 is 0 Å². The lowest BCUT2D eigenvalue weighted by Gasteiger charge is -2.54. The zero-order chi connectivity index (χ0) is 40.8. The Morgan fingerprint density at radius 1 is 0.898 bits per heavy atom. The summed E-state index contributed by atoms with van der Waals surface area (Å²) in [5.74, 6) is 0.416. The molecule has 4 N–H and O–H groups in total. The van der Waals surface area contributed by atoms with E-state index < -0.39 is 11.9 Å². The summed E-state index contributed by atoms with van der Waals surface area (Å²) in [7, 11) is 1.80. The molecule has 0 radical (unpaired) electrons. The van der Waals surface area contributed by atoms with E-state index in [0.717, 1.165) is 60.7 Å². The fraction of sp³-hybridized carbons (Fsp3) is 0.381. The van der Waals surface area contributed by atoms with E-state index in [1.807, 2.05) is 29.4 Å². The third-order valence-corrected chi connectivity index (χ3v) is 12.1. The minimum atomic E-state index is -0.598. The van der Waals surface area contributed by atoms with Crippen molar-refractivity contribution in [2.75, 3.05) is 61.4 Å². The van der Waals surface area contributed by atoms with Crippen molar-refractivity contribution < 1.29 is 19.2 Å². The summed E-state index contributed by atoms with van der Waals surface area (Å²) < 4.78 is 1.49. The number of fused-ring (bicyclic) bond motifs is 2. The Hall–Kier alpha value is -6.13. The molecule has 5 aliphatic rings. The zero-order valence-corrected chi connectivity index (χ0v) is 33.5. The molecule has 1 saturated carbocycles. The monoisotopic (exact) mass is 816 g/mol. The third kappa shape index (κ3) is 7.53. The molecule has 304 valence electrons. The molecule has 4 aliphatic heterocycles. The molecule has 7 heterocycles. The highest BCUT2D eigenvalue weighted by atomic mass is 35.5. The lowest BCUT2D eigenvalue weighted by molar-refractivity contribution is -0.120. The van der Waals surface area contributed by atoms with Crippen LogP contribution in [0, 0.1) is 5.41 Å². The van der Waals surface area contributed by atoms with Crippen LogP contribution in [0.15, 0.2) is 61.1 Å². The molecule has 5 amide bonds. The van der Waals surface area contributed by atoms with Crippen LogP contribution in [0.5, 0.6) is 0 Å². The third-order valence-electron chi connectivity index (χ3n) is 11.8. The standard InChI is InChI=1S/C39H39ClN12O4.C3H6/c1-42-28-16-33(47-52-31(35(41)54)19-45-36(28)52)50-11-7-26-25(3-2-4-29(26)50)24-17-43-32(44-18-24)20-48-21-39(22-48)9-13-49(14-10-39)37(55)23-5-6-27(40)30(15-23)51-12-8-34(53)46-38(51)56;1-2-3-1/h2-6,15-19,42H,7-14,20-22H2,1H3,(H2,41,54)(H,46,53,56);1-3H2. The number of halogens is 1. The van der Waals surface area contributed by atoms with Gasteiger partial charge in [-0.15, -0.1) is 5.10 Å². The molecule has 16 nitrogen and oxygen atoms in total. The Balaban J connectivity index is 0.00000143. The topological polar surface area (TPSA) is 187 Å². The number of nitrogens with two attached hydrogens (primary N) is 1. The average molecular weight is 817 g/mol. The zero-order valence-electron chi connectivity index (χ0n) is 32.8. The predicted molar refractivity (Wildman–Crippen MR) is 223 cm³/mol. The molecule has 0 unspecified atom stereocenters. The normalized spacial score (nSPS) is 18.2. The van der Waals surface area contributed by atoms with Crippen LogP contribution in [0.25, 0.3) is 16.8 Å². The Morgan fingerprint density at radius 2 is 1.64 bits per heavy atom. The Labute approximate surface area is 345 Å². The van der Waals surface area contributed by atoms with Gasteiger partial charge in [-0.25, -0.2) is 24.3 Å². The van der Waals surface area contributed by atoms with Crippen LogP contribution in [-0.4, -0.2) is 104 Å². The van der Waals surface area contributed by atoms with Gasteiger partial charge >= 0.3 is 6.03 Å². The summed E-state index contributed by atoms with van der Waals surface area (Å²) in [5, 5.41) is 10.6. The number of benzene rings is 2. The van der Waals surface area contributed by atoms with E-state index in [2.05, 4.69) is 37.6 Å². The van der Waals surface area contributed by atoms with Crippen LogP contribution in [0.3, 0.4) is 0 Å². The van der Waals surface area contributed by atoms with E-state index in [4.69, 9.17) is 32.4 Å². The molecule has 10 rings (SSSR count). The number of primary amides is 1. The van der Waals surface area contributed by atoms with Crippen LogP contribution >= 0.6 is 11.6 Å². The fourth-order valence-corrected chi connectivity index (χ4v) is 8.72. The van der Waals surface area contributed by atoms with Crippen molar-refractivity contribution in [3.05, 3.63) is 88.7 Å². The van der Waals surface area contributed by atoms with Gasteiger partial charge in [0, 0.05) is 88.0 Å². The van der Waals surface area contributed by atoms with Crippen molar-refractivity contribution in [3.63, 3.8) is 0 Å². The molecule has 2 aromatic carbocycles. The number of nitrogens with zero attached hydrogens (tertiary/aromatic N) is 9. The van der Waals surface area contributed by atoms with Crippen molar-refractivity contribution in [2.45, 2.75) is 51.5 Å². The number of amides is 5. The first-order valence-electron chi connectivity index (χ1n) is 20.1. The number of imide groups is 1. The number of anilines is 4. The fourth-order valence-electron chi connectivity index (χ4n) is 8.50. The highest BCUT2D eigenvalue weighted by Gasteiger charge is 2.45. The van der Waals surface area contributed by atoms with Crippen LogP contribution in [0.1, 0.15) is 70.8 Å². The van der Waals surface area contributed by atoms with Crippen LogP contribution in [0.2, 0.25) is 5.02 Å². The Bertz CT molecular complexity index is 2470. The smallest absolute Gasteiger partial charge is 0.328 e. The maximum Gasteiger partial charge on any atom is 0.328 e. The van der Waals surface area contributed by atoms with Gasteiger partial charge in [0.1, 0.15) is 11.5 Å². The molecule has 17 heteroatoms. The van der Waals surface area contributed by atoms with Crippen molar-refractivity contribution in [2.24, 2.45) is 11.1 Å². The first kappa shape index (κ1) is 38.4. The van der Waals surface area contributed by atoms with E-state index in [9.17, 15) is 19.2 Å². The quantitative estimate of drug-likeness (QED) is 0.191. The molecule has 1 aliphatic carbocycles. The molecular formula is C42H45ClN12O4. The van der Waals surface area contributed by atoms with E-state index in [-0.39, 0.29) is 35.9 Å². The van der Waals surface area contributed by atoms with Gasteiger partial charge in [0.05, 0.1) is 29.1 Å². The highest BCUT2D eigenvalue weighted by molar-refractivity contribution is 6.34. The minimum absolute atomic E-state index is 0.0953. The second-order valence-corrected chi connectivity index (χ2v) is 16.3. The number of imidazole rings is 1. The lowest BCUT2D eigenvalue weighted by Crippen LogP contribution is -2.60. The molecule has 3 saturated heterocycles. The van der Waals surface area contributed by atoms with E-state index in [0.29, 0.717) is 53.9 Å². The summed E-state index contributed by atoms with van der Waals surface area (Å²) in [6.45, 7) is 4.70. The number of aromatic nitrogens is 5. The first-order valence-corrected chi connectivity index (χ1v) is 20.5. The number of urea groups is 1. The molecule has 0 bridgehead atoms. The second-order valence-electron chi connectivity index (χ2n) is 15.9. The summed E-state index contributed by atoms with van der Waals surface area (Å²) in [6.07, 6.45) is 12.5. The van der Waals surface area contributed by atoms with E-state index in [1.54, 1.807) is 25.2 Å². The minimum Gasteiger partial charge on any atom is -0.385 e. The van der Waals surface area contributed by atoms with Gasteiger partial charge in [0.15, 0.2) is 11.5 Å². The molecule has 5 aromatic rings. The molecular weight excluding hydrogens is 772 g/mol. The highest BCUT2D eigenvalue weighted by Crippen LogP contribution is 2.42. The van der Waals surface area contributed by atoms with Gasteiger partial charge in [-0.1, -0.05) is 43.0 Å².